The summed E-state index contributed by atoms with van der Waals surface area (Å²) in [5.41, 5.74) is 2.12. The number of hydrogen-bond donors (Lipinski definition) is 1. The number of rotatable bonds is 1. The summed E-state index contributed by atoms with van der Waals surface area (Å²) in [4.78, 5) is 19.3. The second-order valence-electron chi connectivity index (χ2n) is 4.27. The lowest BCUT2D eigenvalue weighted by molar-refractivity contribution is 0.108. The number of aromatic amines is 1. The standard InChI is InChI=1S/C13H10BrClN2O2/c14-10-5-7(15)1-2-8(10)12-16-11-3-4-19-6-9(11)13(18)17-12/h1-2,5H,3-4,6H2,(H,16,17,18). The third-order valence-corrected chi connectivity index (χ3v) is 3.91. The second-order valence-corrected chi connectivity index (χ2v) is 5.56. The van der Waals surface area contributed by atoms with E-state index < -0.39 is 0 Å². The van der Waals surface area contributed by atoms with Crippen molar-refractivity contribution >= 4 is 27.5 Å². The van der Waals surface area contributed by atoms with E-state index in [1.165, 1.54) is 0 Å². The highest BCUT2D eigenvalue weighted by molar-refractivity contribution is 9.10. The van der Waals surface area contributed by atoms with Crippen molar-refractivity contribution in [3.05, 3.63) is 49.3 Å². The number of aromatic nitrogens is 2. The Balaban J connectivity index is 2.15. The molecule has 2 aromatic rings. The van der Waals surface area contributed by atoms with E-state index >= 15 is 0 Å². The summed E-state index contributed by atoms with van der Waals surface area (Å²) in [5.74, 6) is 0.550. The molecule has 0 atom stereocenters. The number of hydrogen-bond acceptors (Lipinski definition) is 3. The first kappa shape index (κ1) is 12.8. The van der Waals surface area contributed by atoms with E-state index in [1.807, 2.05) is 6.07 Å². The summed E-state index contributed by atoms with van der Waals surface area (Å²) in [5, 5.41) is 0.629. The molecule has 0 unspecified atom stereocenters. The molecule has 0 radical (unpaired) electrons. The molecule has 0 spiro atoms. The predicted molar refractivity (Wildman–Crippen MR) is 76.4 cm³/mol. The van der Waals surface area contributed by atoms with Gasteiger partial charge in [-0.05, 0) is 34.1 Å². The average Bonchev–Trinajstić information content (AvgIpc) is 2.38. The molecular weight excluding hydrogens is 332 g/mol. The Morgan fingerprint density at radius 3 is 3.05 bits per heavy atom. The van der Waals surface area contributed by atoms with Gasteiger partial charge in [-0.25, -0.2) is 4.98 Å². The summed E-state index contributed by atoms with van der Waals surface area (Å²) < 4.78 is 6.08. The van der Waals surface area contributed by atoms with Gasteiger partial charge in [0.05, 0.1) is 24.5 Å². The zero-order valence-electron chi connectivity index (χ0n) is 9.87. The van der Waals surface area contributed by atoms with E-state index in [4.69, 9.17) is 16.3 Å². The van der Waals surface area contributed by atoms with Crippen molar-refractivity contribution in [1.82, 2.24) is 9.97 Å². The number of nitrogens with zero attached hydrogens (tertiary/aromatic N) is 1. The van der Waals surface area contributed by atoms with Crippen molar-refractivity contribution in [2.24, 2.45) is 0 Å². The Bertz CT molecular complexity index is 700. The molecule has 2 heterocycles. The first-order valence-corrected chi connectivity index (χ1v) is 6.97. The van der Waals surface area contributed by atoms with E-state index in [-0.39, 0.29) is 5.56 Å². The molecule has 0 fully saturated rings. The first-order chi connectivity index (χ1) is 9.15. The van der Waals surface area contributed by atoms with Crippen LogP contribution < -0.4 is 5.56 Å². The fourth-order valence-electron chi connectivity index (χ4n) is 2.05. The highest BCUT2D eigenvalue weighted by Gasteiger charge is 2.17. The lowest BCUT2D eigenvalue weighted by Gasteiger charge is -2.15. The minimum atomic E-state index is -0.137. The van der Waals surface area contributed by atoms with Gasteiger partial charge < -0.3 is 9.72 Å². The van der Waals surface area contributed by atoms with Crippen LogP contribution in [0.3, 0.4) is 0 Å². The highest BCUT2D eigenvalue weighted by Crippen LogP contribution is 2.28. The van der Waals surface area contributed by atoms with Crippen molar-refractivity contribution in [2.45, 2.75) is 13.0 Å². The van der Waals surface area contributed by atoms with Crippen molar-refractivity contribution in [2.75, 3.05) is 6.61 Å². The summed E-state index contributed by atoms with van der Waals surface area (Å²) >= 11 is 9.35. The fraction of sp³-hybridized carbons (Fsp3) is 0.231. The summed E-state index contributed by atoms with van der Waals surface area (Å²) in [6, 6.07) is 5.38. The van der Waals surface area contributed by atoms with Crippen LogP contribution in [0.25, 0.3) is 11.4 Å². The van der Waals surface area contributed by atoms with E-state index in [1.54, 1.807) is 12.1 Å². The lowest BCUT2D eigenvalue weighted by atomic mass is 10.1. The normalized spacial score (nSPS) is 14.2. The minimum Gasteiger partial charge on any atom is -0.376 e. The van der Waals surface area contributed by atoms with Gasteiger partial charge in [-0.2, -0.15) is 0 Å². The van der Waals surface area contributed by atoms with Crippen molar-refractivity contribution in [3.63, 3.8) is 0 Å². The van der Waals surface area contributed by atoms with Crippen LogP contribution in [0.15, 0.2) is 27.5 Å². The summed E-state index contributed by atoms with van der Waals surface area (Å²) in [7, 11) is 0. The SMILES string of the molecule is O=c1[nH]c(-c2ccc(Cl)cc2Br)nc2c1COCC2. The Morgan fingerprint density at radius 2 is 2.26 bits per heavy atom. The molecule has 0 aliphatic carbocycles. The van der Waals surface area contributed by atoms with Crippen LogP contribution in [0.2, 0.25) is 5.02 Å². The number of ether oxygens (including phenoxy) is 1. The Morgan fingerprint density at radius 1 is 1.42 bits per heavy atom. The third-order valence-electron chi connectivity index (χ3n) is 3.02. The van der Waals surface area contributed by atoms with Crippen LogP contribution in [0.5, 0.6) is 0 Å². The van der Waals surface area contributed by atoms with Gasteiger partial charge in [0.15, 0.2) is 0 Å². The molecule has 98 valence electrons. The van der Waals surface area contributed by atoms with E-state index in [0.29, 0.717) is 36.0 Å². The van der Waals surface area contributed by atoms with Crippen LogP contribution >= 0.6 is 27.5 Å². The molecule has 0 saturated carbocycles. The topological polar surface area (TPSA) is 55.0 Å². The van der Waals surface area contributed by atoms with Crippen molar-refractivity contribution < 1.29 is 4.74 Å². The van der Waals surface area contributed by atoms with Gasteiger partial charge in [0, 0.05) is 21.5 Å². The summed E-state index contributed by atoms with van der Waals surface area (Å²) in [6.45, 7) is 0.935. The monoisotopic (exact) mass is 340 g/mol. The van der Waals surface area contributed by atoms with Crippen LogP contribution in [0.1, 0.15) is 11.3 Å². The average molecular weight is 342 g/mol. The smallest absolute Gasteiger partial charge is 0.256 e. The van der Waals surface area contributed by atoms with Crippen LogP contribution in [0, 0.1) is 0 Å². The maximum atomic E-state index is 12.0. The Hall–Kier alpha value is -1.17. The molecule has 1 aliphatic heterocycles. The number of benzene rings is 1. The van der Waals surface area contributed by atoms with E-state index in [2.05, 4.69) is 25.9 Å². The largest absolute Gasteiger partial charge is 0.376 e. The number of nitrogens with one attached hydrogen (secondary N) is 1. The maximum absolute atomic E-state index is 12.0. The van der Waals surface area contributed by atoms with Crippen LogP contribution in [-0.4, -0.2) is 16.6 Å². The van der Waals surface area contributed by atoms with Gasteiger partial charge in [-0.15, -0.1) is 0 Å². The third kappa shape index (κ3) is 2.45. The molecule has 4 nitrogen and oxygen atoms in total. The number of halogens is 2. The van der Waals surface area contributed by atoms with E-state index in [9.17, 15) is 4.79 Å². The van der Waals surface area contributed by atoms with Gasteiger partial charge in [-0.3, -0.25) is 4.79 Å². The van der Waals surface area contributed by atoms with Crippen molar-refractivity contribution in [1.29, 1.82) is 0 Å². The van der Waals surface area contributed by atoms with Crippen LogP contribution in [-0.2, 0) is 17.8 Å². The number of fused-ring (bicyclic) bond motifs is 1. The molecule has 1 aromatic heterocycles. The maximum Gasteiger partial charge on any atom is 0.256 e. The van der Waals surface area contributed by atoms with Gasteiger partial charge in [0.1, 0.15) is 5.82 Å². The lowest BCUT2D eigenvalue weighted by Crippen LogP contribution is -2.24. The molecule has 0 saturated heterocycles. The number of H-pyrrole nitrogens is 1. The van der Waals surface area contributed by atoms with Gasteiger partial charge in [0.2, 0.25) is 0 Å². The van der Waals surface area contributed by atoms with Gasteiger partial charge in [-0.1, -0.05) is 11.6 Å². The van der Waals surface area contributed by atoms with E-state index in [0.717, 1.165) is 15.7 Å². The molecule has 1 aliphatic rings. The molecule has 3 rings (SSSR count). The molecule has 1 N–H and O–H groups in total. The van der Waals surface area contributed by atoms with Crippen molar-refractivity contribution in [3.8, 4) is 11.4 Å². The molecule has 0 amide bonds. The molecule has 6 heteroatoms. The highest BCUT2D eigenvalue weighted by atomic mass is 79.9. The predicted octanol–water partition coefficient (Wildman–Crippen LogP) is 2.93. The van der Waals surface area contributed by atoms with Crippen LogP contribution in [0.4, 0.5) is 0 Å². The Kier molecular flexibility index (Phi) is 3.43. The summed E-state index contributed by atoms with van der Waals surface area (Å²) in [6.07, 6.45) is 0.664. The van der Waals surface area contributed by atoms with Gasteiger partial charge >= 0.3 is 0 Å². The Labute approximate surface area is 122 Å². The van der Waals surface area contributed by atoms with Gasteiger partial charge in [0.25, 0.3) is 5.56 Å². The second kappa shape index (κ2) is 5.07. The quantitative estimate of drug-likeness (QED) is 0.867. The molecule has 1 aromatic carbocycles. The zero-order valence-corrected chi connectivity index (χ0v) is 12.2. The molecule has 0 bridgehead atoms. The fourth-order valence-corrected chi connectivity index (χ4v) is 2.92. The minimum absolute atomic E-state index is 0.137. The zero-order chi connectivity index (χ0) is 13.4. The first-order valence-electron chi connectivity index (χ1n) is 5.80. The molecule has 19 heavy (non-hydrogen) atoms. The molecular formula is C13H10BrClN2O2.